The fourth-order valence-electron chi connectivity index (χ4n) is 4.33. The molecule has 7 heteroatoms. The molecule has 2 fully saturated rings. The Morgan fingerprint density at radius 3 is 2.48 bits per heavy atom. The number of urea groups is 1. The largest absolute Gasteiger partial charge is 0.356 e. The van der Waals surface area contributed by atoms with Crippen LogP contribution in [0.2, 0.25) is 0 Å². The number of hydrogen-bond donors (Lipinski definition) is 1. The van der Waals surface area contributed by atoms with E-state index in [1.807, 2.05) is 50.2 Å². The Balaban J connectivity index is 1.56. The van der Waals surface area contributed by atoms with Crippen molar-refractivity contribution in [1.82, 2.24) is 15.2 Å². The Morgan fingerprint density at radius 1 is 1.17 bits per heavy atom. The third-order valence-electron chi connectivity index (χ3n) is 6.00. The number of aryl methyl sites for hydroxylation is 2. The number of nitriles is 1. The first-order chi connectivity index (χ1) is 13.9. The van der Waals surface area contributed by atoms with E-state index in [-0.39, 0.29) is 11.9 Å². The van der Waals surface area contributed by atoms with Crippen molar-refractivity contribution in [3.05, 3.63) is 58.8 Å². The van der Waals surface area contributed by atoms with E-state index in [9.17, 15) is 14.9 Å². The standard InChI is InChI=1S/C22H23N5O2/c1-15-12-19(24-16(2)18(15)13-23)26-10-8-22(9-11-26)20(28)25-21(29)27(22)14-17-6-4-3-5-7-17/h3-7,12H,8-11,14H2,1-2H3,(H,25,28,29). The summed E-state index contributed by atoms with van der Waals surface area (Å²) in [5.41, 5.74) is 2.40. The van der Waals surface area contributed by atoms with Crippen LogP contribution in [-0.2, 0) is 11.3 Å². The highest BCUT2D eigenvalue weighted by molar-refractivity contribution is 6.07. The lowest BCUT2D eigenvalue weighted by Crippen LogP contribution is -2.56. The van der Waals surface area contributed by atoms with Crippen LogP contribution in [0.1, 0.15) is 35.2 Å². The Kier molecular flexibility index (Phi) is 4.71. The van der Waals surface area contributed by atoms with Gasteiger partial charge in [0.25, 0.3) is 5.91 Å². The molecular weight excluding hydrogens is 366 g/mol. The predicted octanol–water partition coefficient (Wildman–Crippen LogP) is 2.66. The Labute approximate surface area is 169 Å². The number of anilines is 1. The number of pyridine rings is 1. The van der Waals surface area contributed by atoms with Crippen molar-refractivity contribution in [2.75, 3.05) is 18.0 Å². The first-order valence-electron chi connectivity index (χ1n) is 9.75. The molecule has 1 aromatic carbocycles. The van der Waals surface area contributed by atoms with E-state index in [4.69, 9.17) is 0 Å². The molecule has 0 radical (unpaired) electrons. The number of nitrogens with one attached hydrogen (secondary N) is 1. The fourth-order valence-corrected chi connectivity index (χ4v) is 4.33. The van der Waals surface area contributed by atoms with Crippen LogP contribution in [-0.4, -0.2) is 40.5 Å². The second kappa shape index (κ2) is 7.21. The highest BCUT2D eigenvalue weighted by Gasteiger charge is 2.54. The van der Waals surface area contributed by atoms with E-state index in [1.54, 1.807) is 4.90 Å². The molecule has 0 atom stereocenters. The van der Waals surface area contributed by atoms with Gasteiger partial charge in [-0.2, -0.15) is 5.26 Å². The Hall–Kier alpha value is -3.40. The van der Waals surface area contributed by atoms with Crippen LogP contribution < -0.4 is 10.2 Å². The summed E-state index contributed by atoms with van der Waals surface area (Å²) in [7, 11) is 0. The molecule has 0 saturated carbocycles. The first kappa shape index (κ1) is 18.9. The van der Waals surface area contributed by atoms with Crippen LogP contribution in [0.3, 0.4) is 0 Å². The minimum Gasteiger partial charge on any atom is -0.356 e. The monoisotopic (exact) mass is 389 g/mol. The molecule has 3 heterocycles. The number of piperidine rings is 1. The topological polar surface area (TPSA) is 89.3 Å². The maximum absolute atomic E-state index is 12.8. The van der Waals surface area contributed by atoms with Gasteiger partial charge < -0.3 is 9.80 Å². The molecular formula is C22H23N5O2. The zero-order valence-electron chi connectivity index (χ0n) is 16.6. The van der Waals surface area contributed by atoms with Gasteiger partial charge in [0.2, 0.25) is 0 Å². The van der Waals surface area contributed by atoms with E-state index in [2.05, 4.69) is 21.3 Å². The molecule has 2 aliphatic rings. The molecule has 3 amide bonds. The summed E-state index contributed by atoms with van der Waals surface area (Å²) in [6.07, 6.45) is 1.08. The van der Waals surface area contributed by atoms with E-state index >= 15 is 0 Å². The number of carbonyl (C=O) groups excluding carboxylic acids is 2. The number of hydrogen-bond acceptors (Lipinski definition) is 5. The van der Waals surface area contributed by atoms with Crippen LogP contribution in [0.25, 0.3) is 0 Å². The minimum atomic E-state index is -0.819. The second-order valence-corrected chi connectivity index (χ2v) is 7.72. The van der Waals surface area contributed by atoms with Gasteiger partial charge in [0.1, 0.15) is 17.4 Å². The quantitative estimate of drug-likeness (QED) is 0.815. The van der Waals surface area contributed by atoms with Crippen molar-refractivity contribution in [2.24, 2.45) is 0 Å². The molecule has 0 aliphatic carbocycles. The number of nitrogens with zero attached hydrogens (tertiary/aromatic N) is 4. The lowest BCUT2D eigenvalue weighted by molar-refractivity contribution is -0.127. The smallest absolute Gasteiger partial charge is 0.325 e. The third kappa shape index (κ3) is 3.21. The van der Waals surface area contributed by atoms with Crippen molar-refractivity contribution in [2.45, 2.75) is 38.8 Å². The molecule has 1 aromatic heterocycles. The number of imide groups is 1. The van der Waals surface area contributed by atoms with Crippen LogP contribution in [0.5, 0.6) is 0 Å². The molecule has 1 N–H and O–H groups in total. The average Bonchev–Trinajstić information content (AvgIpc) is 2.93. The van der Waals surface area contributed by atoms with E-state index < -0.39 is 5.54 Å². The van der Waals surface area contributed by atoms with Gasteiger partial charge in [0, 0.05) is 19.6 Å². The van der Waals surface area contributed by atoms with Crippen molar-refractivity contribution < 1.29 is 9.59 Å². The van der Waals surface area contributed by atoms with Gasteiger partial charge in [0.05, 0.1) is 11.3 Å². The van der Waals surface area contributed by atoms with Crippen LogP contribution >= 0.6 is 0 Å². The molecule has 0 bridgehead atoms. The van der Waals surface area contributed by atoms with E-state index in [0.717, 1.165) is 16.9 Å². The molecule has 2 saturated heterocycles. The van der Waals surface area contributed by atoms with Crippen LogP contribution in [0, 0.1) is 25.2 Å². The van der Waals surface area contributed by atoms with Gasteiger partial charge in [-0.25, -0.2) is 9.78 Å². The molecule has 0 unspecified atom stereocenters. The van der Waals surface area contributed by atoms with Gasteiger partial charge >= 0.3 is 6.03 Å². The lowest BCUT2D eigenvalue weighted by Gasteiger charge is -2.42. The van der Waals surface area contributed by atoms with E-state index in [1.165, 1.54) is 0 Å². The maximum atomic E-state index is 12.8. The summed E-state index contributed by atoms with van der Waals surface area (Å²) in [6, 6.07) is 13.5. The van der Waals surface area contributed by atoms with Gasteiger partial charge in [-0.05, 0) is 43.9 Å². The lowest BCUT2D eigenvalue weighted by atomic mass is 9.85. The van der Waals surface area contributed by atoms with Gasteiger partial charge in [-0.3, -0.25) is 10.1 Å². The van der Waals surface area contributed by atoms with E-state index in [0.29, 0.717) is 43.7 Å². The number of amides is 3. The maximum Gasteiger partial charge on any atom is 0.325 e. The Bertz CT molecular complexity index is 981. The van der Waals surface area contributed by atoms with Crippen LogP contribution in [0.15, 0.2) is 36.4 Å². The normalized spacial score (nSPS) is 18.1. The van der Waals surface area contributed by atoms with Crippen LogP contribution in [0.4, 0.5) is 10.6 Å². The third-order valence-corrected chi connectivity index (χ3v) is 6.00. The summed E-state index contributed by atoms with van der Waals surface area (Å²) in [5, 5.41) is 11.8. The molecule has 148 valence electrons. The van der Waals surface area contributed by atoms with Crippen molar-refractivity contribution in [3.8, 4) is 6.07 Å². The van der Waals surface area contributed by atoms with Gasteiger partial charge in [-0.1, -0.05) is 30.3 Å². The molecule has 2 aromatic rings. The molecule has 2 aliphatic heterocycles. The SMILES string of the molecule is Cc1cc(N2CCC3(CC2)C(=O)NC(=O)N3Cc2ccccc2)nc(C)c1C#N. The number of carbonyl (C=O) groups is 2. The number of benzene rings is 1. The predicted molar refractivity (Wildman–Crippen MR) is 108 cm³/mol. The summed E-state index contributed by atoms with van der Waals surface area (Å²) in [5.74, 6) is 0.603. The minimum absolute atomic E-state index is 0.210. The molecule has 29 heavy (non-hydrogen) atoms. The summed E-state index contributed by atoms with van der Waals surface area (Å²) in [4.78, 5) is 33.7. The highest BCUT2D eigenvalue weighted by atomic mass is 16.2. The summed E-state index contributed by atoms with van der Waals surface area (Å²) < 4.78 is 0. The highest BCUT2D eigenvalue weighted by Crippen LogP contribution is 2.36. The van der Waals surface area contributed by atoms with Crippen molar-refractivity contribution >= 4 is 17.8 Å². The van der Waals surface area contributed by atoms with Crippen molar-refractivity contribution in [3.63, 3.8) is 0 Å². The molecule has 4 rings (SSSR count). The van der Waals surface area contributed by atoms with Gasteiger partial charge in [0.15, 0.2) is 0 Å². The first-order valence-corrected chi connectivity index (χ1v) is 9.75. The summed E-state index contributed by atoms with van der Waals surface area (Å²) >= 11 is 0. The average molecular weight is 389 g/mol. The number of rotatable bonds is 3. The fraction of sp³-hybridized carbons (Fsp3) is 0.364. The summed E-state index contributed by atoms with van der Waals surface area (Å²) in [6.45, 7) is 5.39. The number of aromatic nitrogens is 1. The van der Waals surface area contributed by atoms with Gasteiger partial charge in [-0.15, -0.1) is 0 Å². The van der Waals surface area contributed by atoms with Crippen molar-refractivity contribution in [1.29, 1.82) is 5.26 Å². The molecule has 1 spiro atoms. The zero-order valence-corrected chi connectivity index (χ0v) is 16.6. The zero-order chi connectivity index (χ0) is 20.6. The second-order valence-electron chi connectivity index (χ2n) is 7.72. The molecule has 7 nitrogen and oxygen atoms in total. The Morgan fingerprint density at radius 2 is 1.86 bits per heavy atom.